The van der Waals surface area contributed by atoms with E-state index in [2.05, 4.69) is 4.98 Å². The lowest BCUT2D eigenvalue weighted by atomic mass is 10.2. The summed E-state index contributed by atoms with van der Waals surface area (Å²) in [7, 11) is 2.92. The van der Waals surface area contributed by atoms with Gasteiger partial charge in [0.2, 0.25) is 0 Å². The maximum absolute atomic E-state index is 12.4. The van der Waals surface area contributed by atoms with Crippen LogP contribution < -0.4 is 16.0 Å². The second-order valence-corrected chi connectivity index (χ2v) is 6.35. The molecule has 0 spiro atoms. The average Bonchev–Trinajstić information content (AvgIpc) is 3.15. The van der Waals surface area contributed by atoms with Gasteiger partial charge in [-0.1, -0.05) is 12.1 Å². The number of aryl methyl sites for hydroxylation is 1. The smallest absolute Gasteiger partial charge is 0.347 e. The number of nitrogens with zero attached hydrogens (tertiary/aromatic N) is 5. The highest BCUT2D eigenvalue weighted by atomic mass is 16.6. The second kappa shape index (κ2) is 8.02. The Bertz CT molecular complexity index is 1230. The fourth-order valence-electron chi connectivity index (χ4n) is 2.83. The van der Waals surface area contributed by atoms with Gasteiger partial charge >= 0.3 is 11.7 Å². The fourth-order valence-corrected chi connectivity index (χ4v) is 2.83. The summed E-state index contributed by atoms with van der Waals surface area (Å²) in [4.78, 5) is 40.6. The zero-order valence-electron chi connectivity index (χ0n) is 16.2. The van der Waals surface area contributed by atoms with Gasteiger partial charge in [0.15, 0.2) is 17.3 Å². The third-order valence-electron chi connectivity index (χ3n) is 4.44. The van der Waals surface area contributed by atoms with E-state index in [4.69, 9.17) is 14.7 Å². The number of hydrogen-bond acceptors (Lipinski definition) is 7. The highest BCUT2D eigenvalue weighted by Gasteiger charge is 2.19. The number of hydrogen-bond donors (Lipinski definition) is 0. The van der Waals surface area contributed by atoms with Gasteiger partial charge in [0.1, 0.15) is 18.4 Å². The Balaban J connectivity index is 1.67. The second-order valence-electron chi connectivity index (χ2n) is 6.35. The molecule has 1 atom stereocenters. The number of esters is 1. The highest BCUT2D eigenvalue weighted by molar-refractivity contribution is 5.75. The van der Waals surface area contributed by atoms with Crippen molar-refractivity contribution in [3.8, 4) is 11.8 Å². The first-order chi connectivity index (χ1) is 13.8. The Labute approximate surface area is 165 Å². The number of carbonyl (C=O) groups is 1. The van der Waals surface area contributed by atoms with Gasteiger partial charge in [0.25, 0.3) is 5.56 Å². The van der Waals surface area contributed by atoms with Crippen LogP contribution in [0.4, 0.5) is 0 Å². The van der Waals surface area contributed by atoms with Crippen molar-refractivity contribution in [2.24, 2.45) is 14.1 Å². The number of benzene rings is 1. The number of ether oxygens (including phenoxy) is 2. The molecule has 0 fully saturated rings. The zero-order valence-corrected chi connectivity index (χ0v) is 16.2. The lowest BCUT2D eigenvalue weighted by Gasteiger charge is -2.15. The van der Waals surface area contributed by atoms with Crippen LogP contribution >= 0.6 is 0 Å². The molecule has 0 saturated heterocycles. The SMILES string of the molecule is CC(Oc1ccccc1C#N)C(=O)OCCn1cnc2c1c(=O)n(C)c(=O)n2C. The molecule has 0 aliphatic carbocycles. The van der Waals surface area contributed by atoms with Crippen molar-refractivity contribution in [1.82, 2.24) is 18.7 Å². The molecule has 1 unspecified atom stereocenters. The molecule has 0 radical (unpaired) electrons. The van der Waals surface area contributed by atoms with E-state index < -0.39 is 23.3 Å². The van der Waals surface area contributed by atoms with Gasteiger partial charge in [-0.3, -0.25) is 13.9 Å². The lowest BCUT2D eigenvalue weighted by Crippen LogP contribution is -2.37. The topological polar surface area (TPSA) is 121 Å². The van der Waals surface area contributed by atoms with E-state index in [9.17, 15) is 14.4 Å². The number of carbonyl (C=O) groups excluding carboxylic acids is 1. The summed E-state index contributed by atoms with van der Waals surface area (Å²) in [6, 6.07) is 8.58. The maximum atomic E-state index is 12.4. The van der Waals surface area contributed by atoms with Crippen LogP contribution in [0.5, 0.6) is 5.75 Å². The average molecular weight is 397 g/mol. The number of rotatable bonds is 6. The molecule has 2 aromatic heterocycles. The van der Waals surface area contributed by atoms with E-state index in [-0.39, 0.29) is 24.3 Å². The molecule has 10 nitrogen and oxygen atoms in total. The molecule has 1 aromatic carbocycles. The number of nitriles is 1. The van der Waals surface area contributed by atoms with Crippen LogP contribution in [0.25, 0.3) is 11.2 Å². The third kappa shape index (κ3) is 3.75. The van der Waals surface area contributed by atoms with Gasteiger partial charge in [-0.2, -0.15) is 5.26 Å². The molecule has 0 aliphatic rings. The lowest BCUT2D eigenvalue weighted by molar-refractivity contribution is -0.151. The summed E-state index contributed by atoms with van der Waals surface area (Å²) in [6.45, 7) is 1.68. The minimum absolute atomic E-state index is 0.0239. The number of fused-ring (bicyclic) bond motifs is 1. The van der Waals surface area contributed by atoms with Gasteiger partial charge < -0.3 is 14.0 Å². The molecule has 10 heteroatoms. The van der Waals surface area contributed by atoms with Crippen molar-refractivity contribution < 1.29 is 14.3 Å². The van der Waals surface area contributed by atoms with Crippen molar-refractivity contribution in [3.05, 3.63) is 57.0 Å². The van der Waals surface area contributed by atoms with E-state index in [0.717, 1.165) is 4.57 Å². The van der Waals surface area contributed by atoms with Gasteiger partial charge in [-0.05, 0) is 19.1 Å². The minimum Gasteiger partial charge on any atom is -0.478 e. The minimum atomic E-state index is -0.919. The molecule has 0 saturated carbocycles. The van der Waals surface area contributed by atoms with Crippen LogP contribution in [-0.4, -0.2) is 37.4 Å². The molecule has 3 aromatic rings. The van der Waals surface area contributed by atoms with Gasteiger partial charge in [0, 0.05) is 14.1 Å². The van der Waals surface area contributed by atoms with Crippen LogP contribution in [0, 0.1) is 11.3 Å². The first kappa shape index (κ1) is 19.9. The molecular formula is C19H19N5O5. The van der Waals surface area contributed by atoms with Crippen molar-refractivity contribution in [3.63, 3.8) is 0 Å². The fraction of sp³-hybridized carbons (Fsp3) is 0.316. The highest BCUT2D eigenvalue weighted by Crippen LogP contribution is 2.18. The molecule has 0 amide bonds. The van der Waals surface area contributed by atoms with Crippen LogP contribution in [0.1, 0.15) is 12.5 Å². The van der Waals surface area contributed by atoms with Crippen molar-refractivity contribution >= 4 is 17.1 Å². The molecular weight excluding hydrogens is 378 g/mol. The summed E-state index contributed by atoms with van der Waals surface area (Å²) in [5.41, 5.74) is -0.120. The first-order valence-corrected chi connectivity index (χ1v) is 8.78. The summed E-state index contributed by atoms with van der Waals surface area (Å²) < 4.78 is 14.5. The Hall–Kier alpha value is -3.87. The predicted molar refractivity (Wildman–Crippen MR) is 102 cm³/mol. The number of para-hydroxylation sites is 1. The van der Waals surface area contributed by atoms with E-state index >= 15 is 0 Å². The van der Waals surface area contributed by atoms with Crippen LogP contribution in [0.2, 0.25) is 0 Å². The van der Waals surface area contributed by atoms with Crippen LogP contribution in [0.3, 0.4) is 0 Å². The molecule has 150 valence electrons. The molecule has 3 rings (SSSR count). The molecule has 2 heterocycles. The molecule has 0 bridgehead atoms. The monoisotopic (exact) mass is 397 g/mol. The van der Waals surface area contributed by atoms with Crippen LogP contribution in [0.15, 0.2) is 40.2 Å². The maximum Gasteiger partial charge on any atom is 0.347 e. The Morgan fingerprint density at radius 2 is 1.97 bits per heavy atom. The van der Waals surface area contributed by atoms with E-state index in [1.54, 1.807) is 24.3 Å². The van der Waals surface area contributed by atoms with Crippen molar-refractivity contribution in [2.45, 2.75) is 19.6 Å². The first-order valence-electron chi connectivity index (χ1n) is 8.78. The Morgan fingerprint density at radius 1 is 1.24 bits per heavy atom. The zero-order chi connectivity index (χ0) is 21.1. The molecule has 0 aliphatic heterocycles. The third-order valence-corrected chi connectivity index (χ3v) is 4.44. The molecule has 29 heavy (non-hydrogen) atoms. The van der Waals surface area contributed by atoms with Crippen molar-refractivity contribution in [2.75, 3.05) is 6.61 Å². The van der Waals surface area contributed by atoms with Gasteiger partial charge in [-0.15, -0.1) is 0 Å². The Morgan fingerprint density at radius 3 is 2.69 bits per heavy atom. The van der Waals surface area contributed by atoms with Gasteiger partial charge in [0.05, 0.1) is 18.4 Å². The molecule has 0 N–H and O–H groups in total. The van der Waals surface area contributed by atoms with E-state index in [0.29, 0.717) is 11.3 Å². The van der Waals surface area contributed by atoms with Gasteiger partial charge in [-0.25, -0.2) is 14.6 Å². The summed E-state index contributed by atoms with van der Waals surface area (Å²) >= 11 is 0. The van der Waals surface area contributed by atoms with E-state index in [1.165, 1.54) is 36.5 Å². The summed E-state index contributed by atoms with van der Waals surface area (Å²) in [5.74, 6) is -0.313. The predicted octanol–water partition coefficient (Wildman–Crippen LogP) is 0.316. The normalized spacial score (nSPS) is 11.8. The summed E-state index contributed by atoms with van der Waals surface area (Å²) in [5, 5.41) is 9.08. The Kier molecular flexibility index (Phi) is 5.50. The quantitative estimate of drug-likeness (QED) is 0.549. The standard InChI is InChI=1S/C19H19N5O5/c1-12(29-14-7-5-4-6-13(14)10-20)18(26)28-9-8-24-11-21-16-15(24)17(25)23(3)19(27)22(16)2/h4-7,11-12H,8-9H2,1-3H3. The van der Waals surface area contributed by atoms with E-state index in [1.807, 2.05) is 6.07 Å². The number of imidazole rings is 1. The van der Waals surface area contributed by atoms with Crippen molar-refractivity contribution in [1.29, 1.82) is 5.26 Å². The van der Waals surface area contributed by atoms with Crippen LogP contribution in [-0.2, 0) is 30.2 Å². The largest absolute Gasteiger partial charge is 0.478 e. The summed E-state index contributed by atoms with van der Waals surface area (Å²) in [6.07, 6.45) is 0.500. The number of aromatic nitrogens is 4.